The first kappa shape index (κ1) is 13.8. The van der Waals surface area contributed by atoms with Crippen molar-refractivity contribution < 1.29 is 8.42 Å². The van der Waals surface area contributed by atoms with Gasteiger partial charge in [0.05, 0.1) is 0 Å². The quantitative estimate of drug-likeness (QED) is 0.743. The number of alkyl halides is 1. The van der Waals surface area contributed by atoms with Crippen molar-refractivity contribution in [1.29, 1.82) is 0 Å². The number of hydrogen-bond acceptors (Lipinski definition) is 2. The zero-order valence-electron chi connectivity index (χ0n) is 10.3. The summed E-state index contributed by atoms with van der Waals surface area (Å²) in [7, 11) is -3.21. The van der Waals surface area contributed by atoms with E-state index in [1.807, 2.05) is 6.92 Å². The van der Waals surface area contributed by atoms with Gasteiger partial charge in [-0.05, 0) is 32.1 Å². The molecule has 0 N–H and O–H groups in total. The third-order valence-electron chi connectivity index (χ3n) is 3.83. The summed E-state index contributed by atoms with van der Waals surface area (Å²) in [5.41, 5.74) is 0. The molecule has 2 atom stereocenters. The molecule has 0 bridgehead atoms. The van der Waals surface area contributed by atoms with E-state index in [2.05, 4.69) is 15.9 Å². The van der Waals surface area contributed by atoms with Gasteiger partial charge in [-0.15, -0.1) is 0 Å². The van der Waals surface area contributed by atoms with E-state index < -0.39 is 10.2 Å². The summed E-state index contributed by atoms with van der Waals surface area (Å²) < 4.78 is 28.4. The lowest BCUT2D eigenvalue weighted by atomic mass is 10.1. The Hall–Kier alpha value is 0.350. The summed E-state index contributed by atoms with van der Waals surface area (Å²) in [6, 6.07) is 0.164. The van der Waals surface area contributed by atoms with Gasteiger partial charge in [-0.3, -0.25) is 0 Å². The Morgan fingerprint density at radius 1 is 1.24 bits per heavy atom. The van der Waals surface area contributed by atoms with Crippen LogP contribution in [-0.2, 0) is 10.2 Å². The summed E-state index contributed by atoms with van der Waals surface area (Å²) in [6.07, 6.45) is 4.12. The van der Waals surface area contributed by atoms with Crippen LogP contribution in [0.4, 0.5) is 0 Å². The van der Waals surface area contributed by atoms with Crippen LogP contribution in [0.2, 0.25) is 0 Å². The fourth-order valence-electron chi connectivity index (χ4n) is 2.70. The van der Waals surface area contributed by atoms with Gasteiger partial charge in [-0.1, -0.05) is 22.4 Å². The molecule has 100 valence electrons. The Bertz CT molecular complexity index is 360. The monoisotopic (exact) mass is 324 g/mol. The van der Waals surface area contributed by atoms with Gasteiger partial charge in [0.1, 0.15) is 0 Å². The topological polar surface area (TPSA) is 40.6 Å². The van der Waals surface area contributed by atoms with Gasteiger partial charge in [0.2, 0.25) is 0 Å². The molecule has 17 heavy (non-hydrogen) atoms. The summed E-state index contributed by atoms with van der Waals surface area (Å²) in [6.45, 7) is 4.08. The Balaban J connectivity index is 2.08. The maximum absolute atomic E-state index is 12.5. The van der Waals surface area contributed by atoms with Crippen molar-refractivity contribution in [2.45, 2.75) is 38.6 Å². The molecular weight excluding hydrogens is 304 g/mol. The first-order valence-corrected chi connectivity index (χ1v) is 8.90. The summed E-state index contributed by atoms with van der Waals surface area (Å²) in [4.78, 5) is 0. The van der Waals surface area contributed by atoms with Crippen LogP contribution < -0.4 is 0 Å². The third-order valence-corrected chi connectivity index (χ3v) is 6.87. The molecule has 0 saturated carbocycles. The number of rotatable bonds is 3. The predicted octanol–water partition coefficient (Wildman–Crippen LogP) is 1.82. The van der Waals surface area contributed by atoms with E-state index in [1.54, 1.807) is 8.61 Å². The van der Waals surface area contributed by atoms with Crippen LogP contribution in [0.15, 0.2) is 0 Å². The van der Waals surface area contributed by atoms with E-state index in [1.165, 1.54) is 0 Å². The maximum Gasteiger partial charge on any atom is 0.282 e. The van der Waals surface area contributed by atoms with E-state index in [9.17, 15) is 8.42 Å². The molecule has 2 rings (SSSR count). The van der Waals surface area contributed by atoms with Gasteiger partial charge in [-0.2, -0.15) is 17.0 Å². The van der Waals surface area contributed by atoms with Gasteiger partial charge in [0.25, 0.3) is 10.2 Å². The highest BCUT2D eigenvalue weighted by Gasteiger charge is 2.37. The predicted molar refractivity (Wildman–Crippen MR) is 72.4 cm³/mol. The molecule has 2 aliphatic rings. The van der Waals surface area contributed by atoms with E-state index in [-0.39, 0.29) is 6.04 Å². The molecule has 0 aromatic rings. The van der Waals surface area contributed by atoms with Crippen molar-refractivity contribution in [3.05, 3.63) is 0 Å². The maximum atomic E-state index is 12.5. The first-order valence-electron chi connectivity index (χ1n) is 6.38. The first-order chi connectivity index (χ1) is 8.05. The zero-order valence-corrected chi connectivity index (χ0v) is 12.7. The number of halogens is 1. The van der Waals surface area contributed by atoms with Crippen LogP contribution in [0.5, 0.6) is 0 Å². The summed E-state index contributed by atoms with van der Waals surface area (Å²) in [5, 5.41) is 0.897. The lowest BCUT2D eigenvalue weighted by molar-refractivity contribution is 0.249. The molecule has 0 aromatic carbocycles. The standard InChI is InChI=1S/C11H21BrN2O2S/c1-10-4-2-3-6-14(10)17(15,16)13-7-5-11(8-12)9-13/h10-11H,2-9H2,1H3. The van der Waals surface area contributed by atoms with Crippen LogP contribution in [-0.4, -0.2) is 48.0 Å². The average Bonchev–Trinajstić information content (AvgIpc) is 2.78. The van der Waals surface area contributed by atoms with E-state index in [0.717, 1.165) is 31.0 Å². The lowest BCUT2D eigenvalue weighted by Crippen LogP contribution is -2.49. The van der Waals surface area contributed by atoms with Crippen molar-refractivity contribution >= 4 is 26.1 Å². The van der Waals surface area contributed by atoms with Crippen LogP contribution in [0.3, 0.4) is 0 Å². The Kier molecular flexibility index (Phi) is 4.50. The molecular formula is C11H21BrN2O2S. The molecule has 0 aromatic heterocycles. The molecule has 2 heterocycles. The van der Waals surface area contributed by atoms with Crippen molar-refractivity contribution in [3.63, 3.8) is 0 Å². The second-order valence-electron chi connectivity index (χ2n) is 5.13. The molecule has 0 radical (unpaired) electrons. The van der Waals surface area contributed by atoms with Crippen molar-refractivity contribution in [2.75, 3.05) is 25.0 Å². The molecule has 0 aliphatic carbocycles. The third kappa shape index (κ3) is 2.85. The van der Waals surface area contributed by atoms with Crippen LogP contribution in [0.25, 0.3) is 0 Å². The Morgan fingerprint density at radius 3 is 2.59 bits per heavy atom. The smallest absolute Gasteiger partial charge is 0.195 e. The fourth-order valence-corrected chi connectivity index (χ4v) is 5.18. The SMILES string of the molecule is CC1CCCCN1S(=O)(=O)N1CCC(CBr)C1. The normalized spacial score (nSPS) is 33.1. The Labute approximate surface area is 113 Å². The van der Waals surface area contributed by atoms with Crippen molar-refractivity contribution in [1.82, 2.24) is 8.61 Å². The van der Waals surface area contributed by atoms with Crippen molar-refractivity contribution in [3.8, 4) is 0 Å². The molecule has 6 heteroatoms. The summed E-state index contributed by atoms with van der Waals surface area (Å²) >= 11 is 3.44. The van der Waals surface area contributed by atoms with Crippen LogP contribution in [0, 0.1) is 5.92 Å². The van der Waals surface area contributed by atoms with E-state index in [4.69, 9.17) is 0 Å². The molecule has 0 amide bonds. The minimum absolute atomic E-state index is 0.164. The lowest BCUT2D eigenvalue weighted by Gasteiger charge is -2.35. The van der Waals surface area contributed by atoms with E-state index in [0.29, 0.717) is 25.6 Å². The minimum Gasteiger partial charge on any atom is -0.195 e. The van der Waals surface area contributed by atoms with Gasteiger partial charge in [-0.25, -0.2) is 0 Å². The molecule has 2 unspecified atom stereocenters. The van der Waals surface area contributed by atoms with Crippen LogP contribution >= 0.6 is 15.9 Å². The largest absolute Gasteiger partial charge is 0.282 e. The van der Waals surface area contributed by atoms with Gasteiger partial charge < -0.3 is 0 Å². The van der Waals surface area contributed by atoms with E-state index >= 15 is 0 Å². The van der Waals surface area contributed by atoms with Crippen molar-refractivity contribution in [2.24, 2.45) is 5.92 Å². The minimum atomic E-state index is -3.21. The second-order valence-corrected chi connectivity index (χ2v) is 7.66. The molecule has 2 aliphatic heterocycles. The highest BCUT2D eigenvalue weighted by molar-refractivity contribution is 9.09. The number of nitrogens with zero attached hydrogens (tertiary/aromatic N) is 2. The van der Waals surface area contributed by atoms with Crippen LogP contribution in [0.1, 0.15) is 32.6 Å². The van der Waals surface area contributed by atoms with Gasteiger partial charge in [0.15, 0.2) is 0 Å². The number of piperidine rings is 1. The van der Waals surface area contributed by atoms with Gasteiger partial charge in [0, 0.05) is 31.0 Å². The molecule has 2 fully saturated rings. The average molecular weight is 325 g/mol. The highest BCUT2D eigenvalue weighted by Crippen LogP contribution is 2.27. The van der Waals surface area contributed by atoms with Gasteiger partial charge >= 0.3 is 0 Å². The summed E-state index contributed by atoms with van der Waals surface area (Å²) in [5.74, 6) is 0.477. The highest BCUT2D eigenvalue weighted by atomic mass is 79.9. The zero-order chi connectivity index (χ0) is 12.5. The Morgan fingerprint density at radius 2 is 2.00 bits per heavy atom. The molecule has 2 saturated heterocycles. The molecule has 4 nitrogen and oxygen atoms in total. The number of hydrogen-bond donors (Lipinski definition) is 0. The second kappa shape index (κ2) is 5.55. The fraction of sp³-hybridized carbons (Fsp3) is 1.00. The molecule has 0 spiro atoms.